The Hall–Kier alpha value is -1.11. The quantitative estimate of drug-likeness (QED) is 0.0613. The van der Waals surface area contributed by atoms with Crippen molar-refractivity contribution in [3.8, 4) is 0 Å². The summed E-state index contributed by atoms with van der Waals surface area (Å²) in [5.41, 5.74) is 1.15. The highest BCUT2D eigenvalue weighted by Gasteiger charge is 2.27. The molecule has 0 aromatic carbocycles. The Morgan fingerprint density at radius 3 is 1.31 bits per heavy atom. The molecule has 6 heteroatoms. The van der Waals surface area contributed by atoms with E-state index in [1.54, 1.807) is 0 Å². The lowest BCUT2D eigenvalue weighted by molar-refractivity contribution is -0.134. The molecule has 310 valence electrons. The van der Waals surface area contributed by atoms with Crippen LogP contribution in [0.2, 0.25) is 0 Å². The molecule has 0 saturated carbocycles. The number of unbranched alkanes of at least 4 members (excludes halogenated alkanes) is 20. The molecule has 0 bridgehead atoms. The number of hydrogen-bond donors (Lipinski definition) is 2. The number of rotatable bonds is 41. The maximum Gasteiger partial charge on any atom is 0.240 e. The summed E-state index contributed by atoms with van der Waals surface area (Å²) in [6, 6.07) is 0.00381. The minimum absolute atomic E-state index is 0.210. The van der Waals surface area contributed by atoms with Crippen LogP contribution in [0.4, 0.5) is 0 Å². The number of nitrogens with one attached hydrogen (secondary N) is 1. The third-order valence-electron chi connectivity index (χ3n) is 11.1. The summed E-state index contributed by atoms with van der Waals surface area (Å²) >= 11 is 0. The van der Waals surface area contributed by atoms with E-state index in [0.29, 0.717) is 12.3 Å². The lowest BCUT2D eigenvalue weighted by Gasteiger charge is -2.34. The molecule has 0 spiro atoms. The second-order valence-corrected chi connectivity index (χ2v) is 16.1. The lowest BCUT2D eigenvalue weighted by Crippen LogP contribution is -2.50. The van der Waals surface area contributed by atoms with Crippen LogP contribution in [0.1, 0.15) is 215 Å². The fourth-order valence-electron chi connectivity index (χ4n) is 7.51. The van der Waals surface area contributed by atoms with Crippen LogP contribution in [0.3, 0.4) is 0 Å². The van der Waals surface area contributed by atoms with E-state index in [4.69, 9.17) is 6.58 Å². The Morgan fingerprint density at radius 2 is 0.923 bits per heavy atom. The summed E-state index contributed by atoms with van der Waals surface area (Å²) in [6.07, 6.45) is 33.4. The first-order valence-electron chi connectivity index (χ1n) is 23.2. The van der Waals surface area contributed by atoms with Gasteiger partial charge in [-0.15, -0.1) is 0 Å². The standard InChI is InChI=1S/C46H94N4O2/c1-8-13-17-21-25-29-36-49(37-30-26-22-18-14-9-2)44(7)42-45(47-43(6)34-33-35-48(12-5)40-41-51)46(52)50(38-31-27-23-19-15-10-3)39-32-28-24-20-16-11-4/h43,45,47,51H,7-42H2,1-6H3. The van der Waals surface area contributed by atoms with Crippen LogP contribution in [-0.2, 0) is 4.79 Å². The van der Waals surface area contributed by atoms with Gasteiger partial charge < -0.3 is 25.1 Å². The molecular weight excluding hydrogens is 641 g/mol. The van der Waals surface area contributed by atoms with Gasteiger partial charge in [-0.05, 0) is 58.5 Å². The second-order valence-electron chi connectivity index (χ2n) is 16.1. The Labute approximate surface area is 326 Å². The van der Waals surface area contributed by atoms with E-state index in [0.717, 1.165) is 77.2 Å². The molecule has 0 rings (SSSR count). The van der Waals surface area contributed by atoms with E-state index in [2.05, 4.69) is 61.6 Å². The minimum atomic E-state index is -0.237. The van der Waals surface area contributed by atoms with Crippen LogP contribution in [-0.4, -0.2) is 90.2 Å². The number of amides is 1. The summed E-state index contributed by atoms with van der Waals surface area (Å²) in [7, 11) is 0. The van der Waals surface area contributed by atoms with Crippen molar-refractivity contribution in [1.29, 1.82) is 0 Å². The van der Waals surface area contributed by atoms with Crippen molar-refractivity contribution in [1.82, 2.24) is 20.0 Å². The van der Waals surface area contributed by atoms with Crippen molar-refractivity contribution in [2.24, 2.45) is 0 Å². The molecule has 0 heterocycles. The molecule has 0 fully saturated rings. The lowest BCUT2D eigenvalue weighted by atomic mass is 10.0. The van der Waals surface area contributed by atoms with Crippen LogP contribution in [0.15, 0.2) is 12.3 Å². The van der Waals surface area contributed by atoms with Gasteiger partial charge in [0.1, 0.15) is 0 Å². The highest BCUT2D eigenvalue weighted by molar-refractivity contribution is 5.82. The molecule has 0 aromatic rings. The fraction of sp³-hybridized carbons (Fsp3) is 0.935. The van der Waals surface area contributed by atoms with E-state index in [9.17, 15) is 9.90 Å². The molecule has 0 aliphatic carbocycles. The van der Waals surface area contributed by atoms with Gasteiger partial charge in [-0.2, -0.15) is 0 Å². The summed E-state index contributed by atoms with van der Waals surface area (Å²) < 4.78 is 0. The SMILES string of the molecule is C=C(CC(NC(C)CCCN(CC)CCO)C(=O)N(CCCCCCCC)CCCCCCCC)N(CCCCCCCC)CCCCCCCC. The van der Waals surface area contributed by atoms with Crippen LogP contribution in [0.25, 0.3) is 0 Å². The summed E-state index contributed by atoms with van der Waals surface area (Å²) in [5, 5.41) is 13.3. The molecule has 2 atom stereocenters. The molecule has 2 N–H and O–H groups in total. The number of aliphatic hydroxyl groups is 1. The summed E-state index contributed by atoms with van der Waals surface area (Å²) in [6.45, 7) is 25.1. The zero-order valence-electron chi connectivity index (χ0n) is 36.3. The van der Waals surface area contributed by atoms with Gasteiger partial charge in [0.15, 0.2) is 0 Å². The normalized spacial score (nSPS) is 12.8. The fourth-order valence-corrected chi connectivity index (χ4v) is 7.51. The number of likely N-dealkylation sites (N-methyl/N-ethyl adjacent to an activating group) is 1. The van der Waals surface area contributed by atoms with Crippen molar-refractivity contribution in [3.05, 3.63) is 12.3 Å². The largest absolute Gasteiger partial charge is 0.395 e. The second kappa shape index (κ2) is 38.2. The van der Waals surface area contributed by atoms with Crippen molar-refractivity contribution in [2.75, 3.05) is 52.4 Å². The van der Waals surface area contributed by atoms with E-state index < -0.39 is 0 Å². The average Bonchev–Trinajstić information content (AvgIpc) is 3.14. The van der Waals surface area contributed by atoms with Crippen molar-refractivity contribution in [3.63, 3.8) is 0 Å². The van der Waals surface area contributed by atoms with Gasteiger partial charge in [0.2, 0.25) is 5.91 Å². The van der Waals surface area contributed by atoms with E-state index in [-0.39, 0.29) is 18.7 Å². The Morgan fingerprint density at radius 1 is 0.538 bits per heavy atom. The maximum absolute atomic E-state index is 14.7. The van der Waals surface area contributed by atoms with Gasteiger partial charge in [0, 0.05) is 50.9 Å². The van der Waals surface area contributed by atoms with Gasteiger partial charge in [-0.25, -0.2) is 0 Å². The van der Waals surface area contributed by atoms with E-state index >= 15 is 0 Å². The molecule has 6 nitrogen and oxygen atoms in total. The molecule has 0 radical (unpaired) electrons. The van der Waals surface area contributed by atoms with Crippen LogP contribution in [0, 0.1) is 0 Å². The van der Waals surface area contributed by atoms with E-state index in [1.807, 2.05) is 0 Å². The Bertz CT molecular complexity index is 745. The van der Waals surface area contributed by atoms with Crippen molar-refractivity contribution < 1.29 is 9.90 Å². The molecule has 0 saturated heterocycles. The molecular formula is C46H94N4O2. The number of carbonyl (C=O) groups is 1. The monoisotopic (exact) mass is 735 g/mol. The van der Waals surface area contributed by atoms with Gasteiger partial charge in [-0.1, -0.05) is 170 Å². The maximum atomic E-state index is 14.7. The number of hydrogen-bond acceptors (Lipinski definition) is 5. The number of aliphatic hydroxyl groups excluding tert-OH is 1. The van der Waals surface area contributed by atoms with Gasteiger partial charge in [0.25, 0.3) is 0 Å². The van der Waals surface area contributed by atoms with E-state index in [1.165, 1.54) is 141 Å². The first-order valence-corrected chi connectivity index (χ1v) is 23.2. The highest BCUT2D eigenvalue weighted by atomic mass is 16.3. The smallest absolute Gasteiger partial charge is 0.240 e. The highest BCUT2D eigenvalue weighted by Crippen LogP contribution is 2.19. The van der Waals surface area contributed by atoms with Gasteiger partial charge in [0.05, 0.1) is 12.6 Å². The predicted molar refractivity (Wildman–Crippen MR) is 230 cm³/mol. The Kier molecular flexibility index (Phi) is 37.4. The van der Waals surface area contributed by atoms with Crippen molar-refractivity contribution in [2.45, 2.75) is 227 Å². The first kappa shape index (κ1) is 50.9. The Balaban J connectivity index is 5.89. The van der Waals surface area contributed by atoms with Crippen LogP contribution in [0.5, 0.6) is 0 Å². The molecule has 0 aliphatic rings. The van der Waals surface area contributed by atoms with Gasteiger partial charge in [-0.3, -0.25) is 4.79 Å². The minimum Gasteiger partial charge on any atom is -0.395 e. The molecule has 2 unspecified atom stereocenters. The molecule has 1 amide bonds. The summed E-state index contributed by atoms with van der Waals surface area (Å²) in [4.78, 5) is 21.8. The summed E-state index contributed by atoms with van der Waals surface area (Å²) in [5.74, 6) is 0.296. The average molecular weight is 735 g/mol. The zero-order valence-corrected chi connectivity index (χ0v) is 36.3. The first-order chi connectivity index (χ1) is 25.4. The van der Waals surface area contributed by atoms with Gasteiger partial charge >= 0.3 is 0 Å². The zero-order chi connectivity index (χ0) is 38.5. The topological polar surface area (TPSA) is 59.1 Å². The van der Waals surface area contributed by atoms with Crippen molar-refractivity contribution >= 4 is 5.91 Å². The molecule has 52 heavy (non-hydrogen) atoms. The van der Waals surface area contributed by atoms with Crippen LogP contribution >= 0.6 is 0 Å². The number of nitrogens with zero attached hydrogens (tertiary/aromatic N) is 3. The molecule has 0 aromatic heterocycles. The third-order valence-corrected chi connectivity index (χ3v) is 11.1. The predicted octanol–water partition coefficient (Wildman–Crippen LogP) is 11.9. The number of carbonyl (C=O) groups excluding carboxylic acids is 1. The third kappa shape index (κ3) is 29.3. The van der Waals surface area contributed by atoms with Crippen LogP contribution < -0.4 is 5.32 Å². The molecule has 0 aliphatic heterocycles.